The summed E-state index contributed by atoms with van der Waals surface area (Å²) in [4.78, 5) is 27.1. The van der Waals surface area contributed by atoms with Crippen LogP contribution in [0.3, 0.4) is 0 Å². The van der Waals surface area contributed by atoms with E-state index in [1.165, 1.54) is 6.33 Å². The maximum absolute atomic E-state index is 13.2. The maximum Gasteiger partial charge on any atom is 0.280 e. The van der Waals surface area contributed by atoms with Gasteiger partial charge in [0.05, 0.1) is 25.1 Å². The summed E-state index contributed by atoms with van der Waals surface area (Å²) in [6.07, 6.45) is -0.452. The zero-order valence-electron chi connectivity index (χ0n) is 26.7. The van der Waals surface area contributed by atoms with Crippen molar-refractivity contribution in [1.29, 1.82) is 0 Å². The Kier molecular flexibility index (Phi) is 9.79. The minimum atomic E-state index is -0.837. The van der Waals surface area contributed by atoms with Crippen LogP contribution in [0.4, 0.5) is 5.95 Å². The number of benzene rings is 3. The lowest BCUT2D eigenvalue weighted by Crippen LogP contribution is -2.24. The highest BCUT2D eigenvalue weighted by molar-refractivity contribution is 6.00. The number of ether oxygens (including phenoxy) is 2. The van der Waals surface area contributed by atoms with Crippen LogP contribution in [-0.4, -0.2) is 86.7 Å². The number of nitrogens with zero attached hydrogens (tertiary/aromatic N) is 4. The Bertz CT molecular complexity index is 1870. The van der Waals surface area contributed by atoms with Crippen LogP contribution in [0.2, 0.25) is 0 Å². The lowest BCUT2D eigenvalue weighted by Gasteiger charge is -2.24. The number of hydrogen-bond donors (Lipinski definition) is 4. The van der Waals surface area contributed by atoms with Crippen molar-refractivity contribution in [2.75, 3.05) is 39.2 Å². The number of aliphatic hydroxyl groups is 2. The fraction of sp³-hybridized carbons (Fsp3) is 0.306. The van der Waals surface area contributed by atoms with Crippen molar-refractivity contribution < 1.29 is 19.7 Å². The average Bonchev–Trinajstić information content (AvgIpc) is 3.67. The van der Waals surface area contributed by atoms with E-state index >= 15 is 0 Å². The van der Waals surface area contributed by atoms with Gasteiger partial charge in [-0.25, -0.2) is 4.98 Å². The summed E-state index contributed by atoms with van der Waals surface area (Å²) in [7, 11) is 4.04. The second-order valence-corrected chi connectivity index (χ2v) is 11.9. The zero-order chi connectivity index (χ0) is 32.9. The molecular weight excluding hydrogens is 596 g/mol. The van der Waals surface area contributed by atoms with Gasteiger partial charge in [-0.2, -0.15) is 4.98 Å². The SMILES string of the molecule is CC(Nc1nc2c(ncn2[C@H]2C[C@H](O)[C@@H](CO)O2)c(=O)[nH]1)/C(=C(/c1ccccc1)c1ccc(OCCN(C)C)cc1)c1ccccc1. The van der Waals surface area contributed by atoms with Crippen molar-refractivity contribution in [1.82, 2.24) is 24.4 Å². The number of aromatic nitrogens is 4. The third kappa shape index (κ3) is 7.13. The summed E-state index contributed by atoms with van der Waals surface area (Å²) in [5.41, 5.74) is 5.15. The lowest BCUT2D eigenvalue weighted by molar-refractivity contribution is -0.0432. The van der Waals surface area contributed by atoms with Gasteiger partial charge in [-0.3, -0.25) is 14.3 Å². The summed E-state index contributed by atoms with van der Waals surface area (Å²) in [6, 6.07) is 28.2. The fourth-order valence-electron chi connectivity index (χ4n) is 5.91. The number of rotatable bonds is 12. The smallest absolute Gasteiger partial charge is 0.280 e. The Labute approximate surface area is 273 Å². The highest BCUT2D eigenvalue weighted by Gasteiger charge is 2.35. The number of likely N-dealkylation sites (N-methyl/N-ethyl adjacent to an activating group) is 1. The van der Waals surface area contributed by atoms with Gasteiger partial charge in [0.25, 0.3) is 5.56 Å². The topological polar surface area (TPSA) is 138 Å². The molecule has 1 aliphatic rings. The Hall–Kier alpha value is -4.81. The third-order valence-electron chi connectivity index (χ3n) is 8.28. The van der Waals surface area contributed by atoms with E-state index in [0.717, 1.165) is 40.1 Å². The summed E-state index contributed by atoms with van der Waals surface area (Å²) in [5, 5.41) is 23.3. The molecule has 1 unspecified atom stereocenters. The second kappa shape index (κ2) is 14.3. The van der Waals surface area contributed by atoms with Crippen LogP contribution in [-0.2, 0) is 4.74 Å². The first-order chi connectivity index (χ1) is 22.8. The molecule has 47 heavy (non-hydrogen) atoms. The number of aliphatic hydroxyl groups excluding tert-OH is 2. The molecule has 0 amide bonds. The molecule has 0 aliphatic carbocycles. The van der Waals surface area contributed by atoms with E-state index in [-0.39, 0.29) is 30.5 Å². The molecule has 3 heterocycles. The molecule has 11 nitrogen and oxygen atoms in total. The van der Waals surface area contributed by atoms with Crippen molar-refractivity contribution in [2.45, 2.75) is 37.8 Å². The summed E-state index contributed by atoms with van der Waals surface area (Å²) < 4.78 is 13.4. The summed E-state index contributed by atoms with van der Waals surface area (Å²) in [6.45, 7) is 3.13. The monoisotopic (exact) mass is 636 g/mol. The quantitative estimate of drug-likeness (QED) is 0.149. The van der Waals surface area contributed by atoms with E-state index in [2.05, 4.69) is 56.6 Å². The molecule has 4 N–H and O–H groups in total. The first-order valence-electron chi connectivity index (χ1n) is 15.7. The van der Waals surface area contributed by atoms with Crippen LogP contribution >= 0.6 is 0 Å². The van der Waals surface area contributed by atoms with E-state index in [4.69, 9.17) is 14.5 Å². The summed E-state index contributed by atoms with van der Waals surface area (Å²) >= 11 is 0. The van der Waals surface area contributed by atoms with E-state index in [0.29, 0.717) is 12.3 Å². The normalized spacial score (nSPS) is 19.1. The molecule has 3 aromatic carbocycles. The van der Waals surface area contributed by atoms with Crippen molar-refractivity contribution in [3.8, 4) is 5.75 Å². The molecule has 0 radical (unpaired) electrons. The van der Waals surface area contributed by atoms with Crippen molar-refractivity contribution >= 4 is 28.3 Å². The first kappa shape index (κ1) is 32.1. The molecule has 11 heteroatoms. The lowest BCUT2D eigenvalue weighted by atomic mass is 9.86. The van der Waals surface area contributed by atoms with Gasteiger partial charge in [-0.05, 0) is 61.0 Å². The predicted molar refractivity (Wildman–Crippen MR) is 182 cm³/mol. The van der Waals surface area contributed by atoms with Crippen molar-refractivity contribution in [3.05, 3.63) is 118 Å². The minimum absolute atomic E-state index is 0.158. The molecule has 1 saturated heterocycles. The van der Waals surface area contributed by atoms with Crippen LogP contribution in [0, 0.1) is 0 Å². The Morgan fingerprint density at radius 2 is 1.70 bits per heavy atom. The van der Waals surface area contributed by atoms with Crippen LogP contribution in [0.25, 0.3) is 22.3 Å². The van der Waals surface area contributed by atoms with Gasteiger partial charge in [0, 0.05) is 13.0 Å². The highest BCUT2D eigenvalue weighted by Crippen LogP contribution is 2.36. The van der Waals surface area contributed by atoms with Crippen molar-refractivity contribution in [3.63, 3.8) is 0 Å². The van der Waals surface area contributed by atoms with E-state index in [9.17, 15) is 15.0 Å². The minimum Gasteiger partial charge on any atom is -0.492 e. The van der Waals surface area contributed by atoms with E-state index < -0.39 is 24.0 Å². The molecular formula is C36H40N6O5. The van der Waals surface area contributed by atoms with Gasteiger partial charge in [0.15, 0.2) is 11.2 Å². The van der Waals surface area contributed by atoms with Gasteiger partial charge in [-0.1, -0.05) is 72.8 Å². The molecule has 6 rings (SSSR count). The number of imidazole rings is 1. The van der Waals surface area contributed by atoms with Gasteiger partial charge >= 0.3 is 0 Å². The number of nitrogens with one attached hydrogen (secondary N) is 2. The molecule has 1 fully saturated rings. The fourth-order valence-corrected chi connectivity index (χ4v) is 5.91. The number of fused-ring (bicyclic) bond motifs is 1. The number of aromatic amines is 1. The van der Waals surface area contributed by atoms with Gasteiger partial charge in [0.2, 0.25) is 5.95 Å². The average molecular weight is 637 g/mol. The van der Waals surface area contributed by atoms with Crippen LogP contribution < -0.4 is 15.6 Å². The summed E-state index contributed by atoms with van der Waals surface area (Å²) in [5.74, 6) is 1.06. The van der Waals surface area contributed by atoms with E-state index in [1.807, 2.05) is 69.6 Å². The standard InChI is InChI=1S/C36H40N6O5/c1-23(38-36-39-34-33(35(45)40-36)37-22-42(34)30-20-28(44)29(21-43)47-30)31(24-10-6-4-7-11-24)32(25-12-8-5-9-13-25)26-14-16-27(17-15-26)46-19-18-41(2)3/h4-17,22-23,28-30,43-44H,18-21H2,1-3H3,(H2,38,39,40,45)/b32-31+/t23?,28-,29+,30+/m0/s1. The Morgan fingerprint density at radius 3 is 2.34 bits per heavy atom. The molecule has 0 saturated carbocycles. The van der Waals surface area contributed by atoms with Gasteiger partial charge < -0.3 is 29.9 Å². The third-order valence-corrected chi connectivity index (χ3v) is 8.28. The molecule has 1 aliphatic heterocycles. The molecule has 4 atom stereocenters. The maximum atomic E-state index is 13.2. The van der Waals surface area contributed by atoms with Crippen molar-refractivity contribution in [2.24, 2.45) is 0 Å². The number of H-pyrrole nitrogens is 1. The second-order valence-electron chi connectivity index (χ2n) is 11.9. The molecule has 0 bridgehead atoms. The van der Waals surface area contributed by atoms with Crippen LogP contribution in [0.5, 0.6) is 5.75 Å². The Balaban J connectivity index is 1.41. The molecule has 244 valence electrons. The molecule has 0 spiro atoms. The first-order valence-corrected chi connectivity index (χ1v) is 15.7. The molecule has 2 aromatic heterocycles. The largest absolute Gasteiger partial charge is 0.492 e. The molecule has 5 aromatic rings. The van der Waals surface area contributed by atoms with Crippen LogP contribution in [0.1, 0.15) is 36.3 Å². The highest BCUT2D eigenvalue weighted by atomic mass is 16.5. The Morgan fingerprint density at radius 1 is 1.04 bits per heavy atom. The van der Waals surface area contributed by atoms with Gasteiger partial charge in [0.1, 0.15) is 24.7 Å². The number of anilines is 1. The van der Waals surface area contributed by atoms with E-state index in [1.54, 1.807) is 4.57 Å². The van der Waals surface area contributed by atoms with Gasteiger partial charge in [-0.15, -0.1) is 0 Å². The van der Waals surface area contributed by atoms with Crippen LogP contribution in [0.15, 0.2) is 96.1 Å². The number of hydrogen-bond acceptors (Lipinski definition) is 9. The zero-order valence-corrected chi connectivity index (χ0v) is 26.7. The predicted octanol–water partition coefficient (Wildman–Crippen LogP) is 4.16.